The molecule has 21 heavy (non-hydrogen) atoms. The number of nitrogens with one attached hydrogen (secondary N) is 1. The van der Waals surface area contributed by atoms with Crippen molar-refractivity contribution < 1.29 is 9.59 Å². The zero-order valence-corrected chi connectivity index (χ0v) is 12.0. The van der Waals surface area contributed by atoms with Crippen LogP contribution in [-0.4, -0.2) is 23.3 Å². The second-order valence-corrected chi connectivity index (χ2v) is 4.51. The summed E-state index contributed by atoms with van der Waals surface area (Å²) in [4.78, 5) is 29.9. The van der Waals surface area contributed by atoms with Crippen molar-refractivity contribution in [3.05, 3.63) is 54.2 Å². The molecule has 2 amide bonds. The molecule has 108 valence electrons. The molecule has 0 aliphatic heterocycles. The maximum Gasteiger partial charge on any atom is 0.316 e. The van der Waals surface area contributed by atoms with E-state index in [-0.39, 0.29) is 0 Å². The largest absolute Gasteiger partial charge is 0.316 e. The smallest absolute Gasteiger partial charge is 0.304 e. The molecule has 0 bridgehead atoms. The summed E-state index contributed by atoms with van der Waals surface area (Å²) in [6.07, 6.45) is 1.57. The van der Waals surface area contributed by atoms with Gasteiger partial charge in [0.15, 0.2) is 0 Å². The fourth-order valence-corrected chi connectivity index (χ4v) is 1.95. The van der Waals surface area contributed by atoms with Gasteiger partial charge in [0.2, 0.25) is 0 Å². The van der Waals surface area contributed by atoms with Crippen LogP contribution in [0.15, 0.2) is 48.7 Å². The summed E-state index contributed by atoms with van der Waals surface area (Å²) in [6.45, 7) is 4.06. The Morgan fingerprint density at radius 3 is 2.48 bits per heavy atom. The summed E-state index contributed by atoms with van der Waals surface area (Å²) in [5.74, 6) is -0.892. The van der Waals surface area contributed by atoms with Gasteiger partial charge in [0.25, 0.3) is 0 Å². The third-order valence-electron chi connectivity index (χ3n) is 3.06. The normalized spacial score (nSPS) is 10.0. The van der Waals surface area contributed by atoms with Gasteiger partial charge < -0.3 is 10.2 Å². The average Bonchev–Trinajstić information content (AvgIpc) is 2.51. The van der Waals surface area contributed by atoms with Crippen LogP contribution < -0.4 is 10.2 Å². The van der Waals surface area contributed by atoms with E-state index in [4.69, 9.17) is 0 Å². The van der Waals surface area contributed by atoms with E-state index in [9.17, 15) is 9.59 Å². The molecule has 5 heteroatoms. The molecular weight excluding hydrogens is 266 g/mol. The molecular formula is C16H17N3O2. The minimum Gasteiger partial charge on any atom is -0.304 e. The standard InChI is InChI=1S/C16H17N3O2/c1-3-19(13-9-5-4-6-10-13)16(21)15(20)18-14-12(2)8-7-11-17-14/h4-11H,3H2,1-2H3,(H,17,18,20). The number of likely N-dealkylation sites (N-methyl/N-ethyl adjacent to an activating group) is 1. The van der Waals surface area contributed by atoms with E-state index < -0.39 is 11.8 Å². The molecule has 0 radical (unpaired) electrons. The molecule has 0 saturated carbocycles. The lowest BCUT2D eigenvalue weighted by Gasteiger charge is -2.20. The predicted octanol–water partition coefficient (Wildman–Crippen LogP) is 2.38. The van der Waals surface area contributed by atoms with Gasteiger partial charge >= 0.3 is 11.8 Å². The van der Waals surface area contributed by atoms with Gasteiger partial charge in [-0.15, -0.1) is 0 Å². The quantitative estimate of drug-likeness (QED) is 0.880. The van der Waals surface area contributed by atoms with Crippen LogP contribution in [0.2, 0.25) is 0 Å². The number of aromatic nitrogens is 1. The Morgan fingerprint density at radius 1 is 1.14 bits per heavy atom. The van der Waals surface area contributed by atoms with Crippen LogP contribution in [0.25, 0.3) is 0 Å². The van der Waals surface area contributed by atoms with Crippen LogP contribution >= 0.6 is 0 Å². The summed E-state index contributed by atoms with van der Waals surface area (Å²) in [5.41, 5.74) is 1.50. The van der Waals surface area contributed by atoms with E-state index >= 15 is 0 Å². The van der Waals surface area contributed by atoms with E-state index in [1.54, 1.807) is 24.4 Å². The van der Waals surface area contributed by atoms with Gasteiger partial charge in [0.1, 0.15) is 5.82 Å². The highest BCUT2D eigenvalue weighted by molar-refractivity contribution is 6.44. The highest BCUT2D eigenvalue weighted by atomic mass is 16.2. The van der Waals surface area contributed by atoms with Crippen LogP contribution in [0.5, 0.6) is 0 Å². The Kier molecular flexibility index (Phi) is 4.66. The first-order valence-electron chi connectivity index (χ1n) is 6.73. The minimum absolute atomic E-state index is 0.403. The molecule has 0 saturated heterocycles. The Balaban J connectivity index is 2.15. The molecule has 0 unspecified atom stereocenters. The number of anilines is 2. The summed E-state index contributed by atoms with van der Waals surface area (Å²) in [5, 5.41) is 2.55. The molecule has 1 aromatic carbocycles. The number of para-hydroxylation sites is 1. The Bertz CT molecular complexity index is 641. The first kappa shape index (κ1) is 14.7. The van der Waals surface area contributed by atoms with Crippen molar-refractivity contribution >= 4 is 23.3 Å². The number of pyridine rings is 1. The first-order valence-corrected chi connectivity index (χ1v) is 6.73. The van der Waals surface area contributed by atoms with Crippen molar-refractivity contribution in [1.29, 1.82) is 0 Å². The van der Waals surface area contributed by atoms with Crippen molar-refractivity contribution in [3.8, 4) is 0 Å². The van der Waals surface area contributed by atoms with Gasteiger partial charge in [0.05, 0.1) is 0 Å². The summed E-state index contributed by atoms with van der Waals surface area (Å²) in [7, 11) is 0. The van der Waals surface area contributed by atoms with Crippen LogP contribution in [0.3, 0.4) is 0 Å². The summed E-state index contributed by atoms with van der Waals surface area (Å²) < 4.78 is 0. The molecule has 2 aromatic rings. The van der Waals surface area contributed by atoms with E-state index in [2.05, 4.69) is 10.3 Å². The van der Waals surface area contributed by atoms with Crippen LogP contribution in [-0.2, 0) is 9.59 Å². The maximum atomic E-state index is 12.3. The van der Waals surface area contributed by atoms with Crippen molar-refractivity contribution in [2.75, 3.05) is 16.8 Å². The zero-order valence-electron chi connectivity index (χ0n) is 12.0. The van der Waals surface area contributed by atoms with Crippen molar-refractivity contribution in [3.63, 3.8) is 0 Å². The van der Waals surface area contributed by atoms with Crippen LogP contribution in [0.4, 0.5) is 11.5 Å². The number of carbonyl (C=O) groups excluding carboxylic acids is 2. The van der Waals surface area contributed by atoms with Crippen LogP contribution in [0.1, 0.15) is 12.5 Å². The summed E-state index contributed by atoms with van der Waals surface area (Å²) >= 11 is 0. The lowest BCUT2D eigenvalue weighted by molar-refractivity contribution is -0.134. The summed E-state index contributed by atoms with van der Waals surface area (Å²) in [6, 6.07) is 12.7. The zero-order chi connectivity index (χ0) is 15.2. The van der Waals surface area contributed by atoms with Crippen molar-refractivity contribution in [1.82, 2.24) is 4.98 Å². The number of carbonyl (C=O) groups is 2. The van der Waals surface area contributed by atoms with Crippen molar-refractivity contribution in [2.45, 2.75) is 13.8 Å². The van der Waals surface area contributed by atoms with Gasteiger partial charge in [-0.1, -0.05) is 24.3 Å². The number of nitrogens with zero attached hydrogens (tertiary/aromatic N) is 2. The molecule has 0 spiro atoms. The first-order chi connectivity index (χ1) is 10.1. The number of amides is 2. The SMILES string of the molecule is CCN(C(=O)C(=O)Nc1ncccc1C)c1ccccc1. The van der Waals surface area contributed by atoms with E-state index in [1.807, 2.05) is 38.1 Å². The van der Waals surface area contributed by atoms with E-state index in [0.29, 0.717) is 18.1 Å². The Morgan fingerprint density at radius 2 is 1.86 bits per heavy atom. The molecule has 0 fully saturated rings. The predicted molar refractivity (Wildman–Crippen MR) is 82.1 cm³/mol. The minimum atomic E-state index is -0.692. The molecule has 1 aromatic heterocycles. The molecule has 1 heterocycles. The third kappa shape index (κ3) is 3.45. The van der Waals surface area contributed by atoms with Crippen LogP contribution in [0, 0.1) is 6.92 Å². The lowest BCUT2D eigenvalue weighted by Crippen LogP contribution is -2.40. The van der Waals surface area contributed by atoms with Gasteiger partial charge in [-0.05, 0) is 37.6 Å². The number of benzene rings is 1. The number of rotatable bonds is 3. The lowest BCUT2D eigenvalue weighted by atomic mass is 10.2. The molecule has 1 N–H and O–H groups in total. The molecule has 0 atom stereocenters. The van der Waals surface area contributed by atoms with E-state index in [1.165, 1.54) is 4.90 Å². The number of hydrogen-bond acceptors (Lipinski definition) is 3. The Hall–Kier alpha value is -2.69. The topological polar surface area (TPSA) is 62.3 Å². The fourth-order valence-electron chi connectivity index (χ4n) is 1.95. The van der Waals surface area contributed by atoms with Gasteiger partial charge in [0, 0.05) is 18.4 Å². The molecule has 0 aliphatic rings. The molecule has 0 aliphatic carbocycles. The number of hydrogen-bond donors (Lipinski definition) is 1. The van der Waals surface area contributed by atoms with Gasteiger partial charge in [-0.3, -0.25) is 9.59 Å². The monoisotopic (exact) mass is 283 g/mol. The molecule has 2 rings (SSSR count). The Labute approximate surface area is 123 Å². The average molecular weight is 283 g/mol. The second-order valence-electron chi connectivity index (χ2n) is 4.51. The van der Waals surface area contributed by atoms with Gasteiger partial charge in [-0.2, -0.15) is 0 Å². The van der Waals surface area contributed by atoms with Gasteiger partial charge in [-0.25, -0.2) is 4.98 Å². The molecule has 5 nitrogen and oxygen atoms in total. The highest BCUT2D eigenvalue weighted by Crippen LogP contribution is 2.14. The fraction of sp³-hybridized carbons (Fsp3) is 0.188. The number of aryl methyl sites for hydroxylation is 1. The second kappa shape index (κ2) is 6.65. The maximum absolute atomic E-state index is 12.3. The van der Waals surface area contributed by atoms with E-state index in [0.717, 1.165) is 5.56 Å². The van der Waals surface area contributed by atoms with Crippen molar-refractivity contribution in [2.24, 2.45) is 0 Å². The third-order valence-corrected chi connectivity index (χ3v) is 3.06. The highest BCUT2D eigenvalue weighted by Gasteiger charge is 2.22.